The van der Waals surface area contributed by atoms with E-state index in [9.17, 15) is 0 Å². The van der Waals surface area contributed by atoms with Crippen molar-refractivity contribution in [2.45, 2.75) is 24.8 Å². The van der Waals surface area contributed by atoms with E-state index >= 15 is 0 Å². The first-order valence-corrected chi connectivity index (χ1v) is 10.7. The molecule has 0 aliphatic carbocycles. The summed E-state index contributed by atoms with van der Waals surface area (Å²) in [4.78, 5) is 8.87. The molecule has 0 saturated carbocycles. The summed E-state index contributed by atoms with van der Waals surface area (Å²) in [6.07, 6.45) is 3.70. The van der Waals surface area contributed by atoms with Gasteiger partial charge >= 0.3 is 0 Å². The smallest absolute Gasteiger partial charge is 0.191 e. The molecule has 1 saturated heterocycles. The number of fused-ring (bicyclic) bond motifs is 1. The van der Waals surface area contributed by atoms with Crippen molar-refractivity contribution in [3.63, 3.8) is 0 Å². The topological polar surface area (TPSA) is 58.5 Å². The number of aromatic nitrogens is 1. The fraction of sp³-hybridized carbons (Fsp3) is 0.333. The number of rotatable bonds is 5. The van der Waals surface area contributed by atoms with Crippen molar-refractivity contribution in [3.05, 3.63) is 76.9 Å². The lowest BCUT2D eigenvalue weighted by Crippen LogP contribution is -2.48. The maximum atomic E-state index is 6.57. The molecule has 0 atom stereocenters. The summed E-state index contributed by atoms with van der Waals surface area (Å²) in [5.41, 5.74) is 3.30. The summed E-state index contributed by atoms with van der Waals surface area (Å²) >= 11 is 6.57. The van der Waals surface area contributed by atoms with Crippen LogP contribution in [-0.4, -0.2) is 37.7 Å². The van der Waals surface area contributed by atoms with Crippen molar-refractivity contribution in [1.29, 1.82) is 0 Å². The highest BCUT2D eigenvalue weighted by atomic mass is 127. The number of guanidine groups is 1. The third kappa shape index (κ3) is 5.48. The third-order valence-electron chi connectivity index (χ3n) is 5.90. The average Bonchev–Trinajstić information content (AvgIpc) is 2.80. The Balaban J connectivity index is 0.00000272. The molecule has 7 heteroatoms. The molecule has 1 aromatic heterocycles. The van der Waals surface area contributed by atoms with Crippen LogP contribution in [0.1, 0.15) is 24.0 Å². The first kappa shape index (κ1) is 23.8. The van der Waals surface area contributed by atoms with Gasteiger partial charge in [-0.25, -0.2) is 0 Å². The quantitative estimate of drug-likeness (QED) is 0.269. The summed E-state index contributed by atoms with van der Waals surface area (Å²) < 4.78 is 5.64. The first-order chi connectivity index (χ1) is 14.7. The van der Waals surface area contributed by atoms with Gasteiger partial charge in [0.2, 0.25) is 0 Å². The molecule has 2 heterocycles. The minimum atomic E-state index is -0.0718. The molecule has 0 amide bonds. The van der Waals surface area contributed by atoms with Crippen LogP contribution < -0.4 is 10.6 Å². The van der Waals surface area contributed by atoms with Crippen LogP contribution in [0.3, 0.4) is 0 Å². The molecule has 164 valence electrons. The van der Waals surface area contributed by atoms with Gasteiger partial charge in [0.05, 0.1) is 5.52 Å². The number of hydrogen-bond acceptors (Lipinski definition) is 3. The van der Waals surface area contributed by atoms with E-state index in [1.807, 2.05) is 42.6 Å². The van der Waals surface area contributed by atoms with E-state index in [1.165, 1.54) is 11.1 Å². The minimum absolute atomic E-state index is 0. The van der Waals surface area contributed by atoms with E-state index < -0.39 is 0 Å². The van der Waals surface area contributed by atoms with Gasteiger partial charge in [0.25, 0.3) is 0 Å². The SMILES string of the molecule is CN=C(NCc1ccnc2ccccc12)NCC1(c2ccccc2Cl)CCOCC1.I. The molecular formula is C24H28ClIN4O. The zero-order chi connectivity index (χ0) is 20.8. The summed E-state index contributed by atoms with van der Waals surface area (Å²) in [6.45, 7) is 2.89. The van der Waals surface area contributed by atoms with Gasteiger partial charge < -0.3 is 15.4 Å². The van der Waals surface area contributed by atoms with Gasteiger partial charge in [-0.05, 0) is 42.2 Å². The molecule has 0 bridgehead atoms. The molecule has 1 aliphatic heterocycles. The van der Waals surface area contributed by atoms with Crippen LogP contribution in [0.5, 0.6) is 0 Å². The van der Waals surface area contributed by atoms with Crippen molar-refractivity contribution in [2.24, 2.45) is 4.99 Å². The molecule has 4 rings (SSSR count). The number of pyridine rings is 1. The molecule has 5 nitrogen and oxygen atoms in total. The van der Waals surface area contributed by atoms with Crippen LogP contribution in [0.15, 0.2) is 65.8 Å². The molecule has 3 aromatic rings. The Morgan fingerprint density at radius 2 is 1.81 bits per heavy atom. The lowest BCUT2D eigenvalue weighted by atomic mass is 9.74. The van der Waals surface area contributed by atoms with Crippen LogP contribution in [0.2, 0.25) is 5.02 Å². The van der Waals surface area contributed by atoms with E-state index in [1.54, 1.807) is 7.05 Å². The van der Waals surface area contributed by atoms with Crippen molar-refractivity contribution in [2.75, 3.05) is 26.8 Å². The van der Waals surface area contributed by atoms with E-state index in [-0.39, 0.29) is 29.4 Å². The van der Waals surface area contributed by atoms with E-state index in [0.717, 1.165) is 54.5 Å². The second kappa shape index (κ2) is 11.1. The predicted molar refractivity (Wildman–Crippen MR) is 139 cm³/mol. The Labute approximate surface area is 205 Å². The van der Waals surface area contributed by atoms with Gasteiger partial charge in [0.1, 0.15) is 0 Å². The Hall–Kier alpha value is -1.90. The lowest BCUT2D eigenvalue weighted by Gasteiger charge is -2.38. The maximum Gasteiger partial charge on any atom is 0.191 e. The molecule has 2 N–H and O–H groups in total. The van der Waals surface area contributed by atoms with Crippen molar-refractivity contribution < 1.29 is 4.74 Å². The number of para-hydroxylation sites is 1. The van der Waals surface area contributed by atoms with E-state index in [4.69, 9.17) is 16.3 Å². The van der Waals surface area contributed by atoms with Crippen LogP contribution in [-0.2, 0) is 16.7 Å². The molecular weight excluding hydrogens is 523 g/mol. The van der Waals surface area contributed by atoms with Gasteiger partial charge in [0.15, 0.2) is 5.96 Å². The Morgan fingerprint density at radius 3 is 2.58 bits per heavy atom. The van der Waals surface area contributed by atoms with Crippen LogP contribution >= 0.6 is 35.6 Å². The highest BCUT2D eigenvalue weighted by Crippen LogP contribution is 2.38. The molecule has 2 aromatic carbocycles. The molecule has 1 aliphatic rings. The first-order valence-electron chi connectivity index (χ1n) is 10.3. The molecule has 0 spiro atoms. The Kier molecular flexibility index (Phi) is 8.51. The zero-order valence-corrected chi connectivity index (χ0v) is 20.7. The molecule has 0 radical (unpaired) electrons. The highest BCUT2D eigenvalue weighted by molar-refractivity contribution is 14.0. The monoisotopic (exact) mass is 550 g/mol. The van der Waals surface area contributed by atoms with Gasteiger partial charge in [-0.1, -0.05) is 48.0 Å². The average molecular weight is 551 g/mol. The van der Waals surface area contributed by atoms with Crippen molar-refractivity contribution in [3.8, 4) is 0 Å². The minimum Gasteiger partial charge on any atom is -0.381 e. The number of nitrogens with zero attached hydrogens (tertiary/aromatic N) is 2. The molecule has 1 fully saturated rings. The Bertz CT molecular complexity index is 1030. The zero-order valence-electron chi connectivity index (χ0n) is 17.6. The summed E-state index contributed by atoms with van der Waals surface area (Å²) in [5.74, 6) is 0.772. The number of ether oxygens (including phenoxy) is 1. The summed E-state index contributed by atoms with van der Waals surface area (Å²) in [5, 5.41) is 8.95. The van der Waals surface area contributed by atoms with Crippen molar-refractivity contribution in [1.82, 2.24) is 15.6 Å². The normalized spacial score (nSPS) is 15.9. The fourth-order valence-electron chi connectivity index (χ4n) is 4.16. The standard InChI is InChI=1S/C24H27ClN4O.HI/c1-26-23(28-16-18-10-13-27-22-9-5-2-6-19(18)22)29-17-24(11-14-30-15-12-24)20-7-3-4-8-21(20)25;/h2-10,13H,11-12,14-17H2,1H3,(H2,26,28,29);1H. The van der Waals surface area contributed by atoms with Crippen LogP contribution in [0.25, 0.3) is 10.9 Å². The second-order valence-corrected chi connectivity index (χ2v) is 8.05. The summed E-state index contributed by atoms with van der Waals surface area (Å²) in [6, 6.07) is 18.4. The van der Waals surface area contributed by atoms with E-state index in [0.29, 0.717) is 6.54 Å². The largest absolute Gasteiger partial charge is 0.381 e. The van der Waals surface area contributed by atoms with Gasteiger partial charge in [0, 0.05) is 55.4 Å². The number of hydrogen-bond donors (Lipinski definition) is 2. The van der Waals surface area contributed by atoms with Crippen LogP contribution in [0, 0.1) is 0 Å². The highest BCUT2D eigenvalue weighted by Gasteiger charge is 2.36. The fourth-order valence-corrected chi connectivity index (χ4v) is 4.49. The Morgan fingerprint density at radius 1 is 1.06 bits per heavy atom. The predicted octanol–water partition coefficient (Wildman–Crippen LogP) is 4.92. The molecule has 31 heavy (non-hydrogen) atoms. The lowest BCUT2D eigenvalue weighted by molar-refractivity contribution is 0.0514. The number of aliphatic imine (C=N–C) groups is 1. The maximum absolute atomic E-state index is 6.57. The van der Waals surface area contributed by atoms with Crippen molar-refractivity contribution >= 4 is 52.4 Å². The number of halogens is 2. The third-order valence-corrected chi connectivity index (χ3v) is 6.23. The second-order valence-electron chi connectivity index (χ2n) is 7.64. The van der Waals surface area contributed by atoms with Gasteiger partial charge in [-0.15, -0.1) is 24.0 Å². The van der Waals surface area contributed by atoms with Crippen LogP contribution in [0.4, 0.5) is 0 Å². The molecule has 0 unspecified atom stereocenters. The van der Waals surface area contributed by atoms with Gasteiger partial charge in [-0.3, -0.25) is 9.98 Å². The summed E-state index contributed by atoms with van der Waals surface area (Å²) in [7, 11) is 1.80. The number of nitrogens with one attached hydrogen (secondary N) is 2. The van der Waals surface area contributed by atoms with Gasteiger partial charge in [-0.2, -0.15) is 0 Å². The van der Waals surface area contributed by atoms with E-state index in [2.05, 4.69) is 38.8 Å². The number of benzene rings is 2.